The van der Waals surface area contributed by atoms with E-state index in [2.05, 4.69) is 82.3 Å². The number of carbonyl (C=O) groups is 1. The molecule has 0 aliphatic heterocycles. The Morgan fingerprint density at radius 2 is 1.76 bits per heavy atom. The molecule has 6 nitrogen and oxygen atoms in total. The van der Waals surface area contributed by atoms with Crippen molar-refractivity contribution in [2.45, 2.75) is 18.9 Å². The van der Waals surface area contributed by atoms with Crippen LogP contribution in [0.15, 0.2) is 97.7 Å². The van der Waals surface area contributed by atoms with E-state index in [9.17, 15) is 4.79 Å². The largest absolute Gasteiger partial charge is 0.383 e. The number of carbonyl (C=O) groups excluding carboxylic acids is 1. The number of hydrogen-bond donors (Lipinski definition) is 1. The van der Waals surface area contributed by atoms with Gasteiger partial charge in [0.1, 0.15) is 0 Å². The average molecular weight is 493 g/mol. The van der Waals surface area contributed by atoms with Crippen LogP contribution in [0.1, 0.15) is 40.5 Å². The summed E-state index contributed by atoms with van der Waals surface area (Å²) in [4.78, 5) is 23.1. The lowest BCUT2D eigenvalue weighted by atomic mass is 9.91. The van der Waals surface area contributed by atoms with Crippen LogP contribution >= 0.6 is 0 Å². The standard InChI is InChI=1S/C31H32N4O2/c1-22(23-10-5-4-6-11-23)30(29-18-32-21-33-29)35-19-27(28(20-35)31(36)34(2)16-17-37-3)26-15-9-13-24-12-7-8-14-25(24)26/h4-15,18-22,30H,16-17H2,1-3H3,(H,32,33)/t22-,30?/m1/s1. The smallest absolute Gasteiger partial charge is 0.255 e. The Hall–Kier alpha value is -4.16. The van der Waals surface area contributed by atoms with Crippen molar-refractivity contribution in [3.05, 3.63) is 115 Å². The Labute approximate surface area is 217 Å². The Morgan fingerprint density at radius 1 is 1.00 bits per heavy atom. The van der Waals surface area contributed by atoms with E-state index in [1.54, 1.807) is 18.3 Å². The number of benzene rings is 3. The summed E-state index contributed by atoms with van der Waals surface area (Å²) in [6.45, 7) is 3.21. The number of ether oxygens (including phenoxy) is 1. The molecule has 3 aromatic carbocycles. The summed E-state index contributed by atoms with van der Waals surface area (Å²) in [7, 11) is 3.47. The van der Waals surface area contributed by atoms with E-state index >= 15 is 0 Å². The van der Waals surface area contributed by atoms with E-state index in [0.717, 1.165) is 27.6 Å². The van der Waals surface area contributed by atoms with Crippen LogP contribution in [-0.4, -0.2) is 52.7 Å². The minimum absolute atomic E-state index is 0.0329. The molecule has 1 amide bonds. The summed E-state index contributed by atoms with van der Waals surface area (Å²) < 4.78 is 7.40. The Balaban J connectivity index is 1.68. The number of fused-ring (bicyclic) bond motifs is 1. The third-order valence-corrected chi connectivity index (χ3v) is 7.09. The molecule has 0 aliphatic rings. The van der Waals surface area contributed by atoms with Crippen molar-refractivity contribution in [3.63, 3.8) is 0 Å². The van der Waals surface area contributed by atoms with Crippen LogP contribution in [0.3, 0.4) is 0 Å². The molecule has 5 aromatic rings. The number of nitrogens with zero attached hydrogens (tertiary/aromatic N) is 3. The minimum Gasteiger partial charge on any atom is -0.383 e. The Morgan fingerprint density at radius 3 is 2.51 bits per heavy atom. The zero-order valence-corrected chi connectivity index (χ0v) is 21.5. The first kappa shape index (κ1) is 24.5. The van der Waals surface area contributed by atoms with Gasteiger partial charge in [0.25, 0.3) is 5.91 Å². The van der Waals surface area contributed by atoms with Gasteiger partial charge in [-0.25, -0.2) is 4.98 Å². The maximum absolute atomic E-state index is 13.8. The van der Waals surface area contributed by atoms with E-state index in [1.807, 2.05) is 37.6 Å². The van der Waals surface area contributed by atoms with Gasteiger partial charge in [-0.15, -0.1) is 0 Å². The second kappa shape index (κ2) is 10.8. The molecule has 0 radical (unpaired) electrons. The summed E-state index contributed by atoms with van der Waals surface area (Å²) in [5.74, 6) is 0.0954. The second-order valence-electron chi connectivity index (χ2n) is 9.43. The van der Waals surface area contributed by atoms with Crippen LogP contribution in [0.5, 0.6) is 0 Å². The van der Waals surface area contributed by atoms with Crippen LogP contribution < -0.4 is 0 Å². The number of aromatic nitrogens is 3. The number of rotatable bonds is 9. The lowest BCUT2D eigenvalue weighted by molar-refractivity contribution is 0.0745. The highest BCUT2D eigenvalue weighted by atomic mass is 16.5. The van der Waals surface area contributed by atoms with Crippen LogP contribution in [-0.2, 0) is 4.74 Å². The fourth-order valence-electron chi connectivity index (χ4n) is 5.07. The molecule has 0 spiro atoms. The van der Waals surface area contributed by atoms with E-state index in [0.29, 0.717) is 18.7 Å². The van der Waals surface area contributed by atoms with E-state index in [1.165, 1.54) is 5.56 Å². The summed E-state index contributed by atoms with van der Waals surface area (Å²) >= 11 is 0. The van der Waals surface area contributed by atoms with Crippen LogP contribution in [0, 0.1) is 0 Å². The molecule has 188 valence electrons. The Bertz CT molecular complexity index is 1470. The number of methoxy groups -OCH3 is 1. The quantitative estimate of drug-likeness (QED) is 0.269. The molecule has 0 saturated carbocycles. The van der Waals surface area contributed by atoms with Crippen molar-refractivity contribution >= 4 is 16.7 Å². The van der Waals surface area contributed by atoms with Crippen molar-refractivity contribution < 1.29 is 9.53 Å². The van der Waals surface area contributed by atoms with Crippen molar-refractivity contribution in [1.82, 2.24) is 19.4 Å². The van der Waals surface area contributed by atoms with Gasteiger partial charge < -0.3 is 19.2 Å². The molecule has 5 rings (SSSR count). The topological polar surface area (TPSA) is 63.1 Å². The van der Waals surface area contributed by atoms with Crippen molar-refractivity contribution in [2.24, 2.45) is 0 Å². The monoisotopic (exact) mass is 492 g/mol. The van der Waals surface area contributed by atoms with Crippen LogP contribution in [0.2, 0.25) is 0 Å². The lowest BCUT2D eigenvalue weighted by Crippen LogP contribution is -2.30. The zero-order valence-electron chi connectivity index (χ0n) is 21.5. The molecule has 37 heavy (non-hydrogen) atoms. The van der Waals surface area contributed by atoms with Crippen LogP contribution in [0.4, 0.5) is 0 Å². The third-order valence-electron chi connectivity index (χ3n) is 7.09. The first-order chi connectivity index (χ1) is 18.1. The molecule has 2 aromatic heterocycles. The highest BCUT2D eigenvalue weighted by Crippen LogP contribution is 2.38. The first-order valence-electron chi connectivity index (χ1n) is 12.6. The van der Waals surface area contributed by atoms with Gasteiger partial charge in [-0.1, -0.05) is 79.7 Å². The highest BCUT2D eigenvalue weighted by Gasteiger charge is 2.28. The SMILES string of the molecule is COCCN(C)C(=O)c1cn(C(c2cnc[nH]2)[C@H](C)c2ccccc2)cc1-c1cccc2ccccc12. The first-order valence-corrected chi connectivity index (χ1v) is 12.6. The maximum atomic E-state index is 13.8. The predicted molar refractivity (Wildman–Crippen MR) is 148 cm³/mol. The van der Waals surface area contributed by atoms with Gasteiger partial charge in [0, 0.05) is 44.6 Å². The number of amides is 1. The van der Waals surface area contributed by atoms with Gasteiger partial charge in [0.15, 0.2) is 0 Å². The number of nitrogens with one attached hydrogen (secondary N) is 1. The molecule has 1 N–H and O–H groups in total. The highest BCUT2D eigenvalue weighted by molar-refractivity contribution is 6.06. The van der Waals surface area contributed by atoms with Gasteiger partial charge in [-0.3, -0.25) is 4.79 Å². The minimum atomic E-state index is -0.0792. The summed E-state index contributed by atoms with van der Waals surface area (Å²) in [6.07, 6.45) is 7.69. The number of aromatic amines is 1. The second-order valence-corrected chi connectivity index (χ2v) is 9.43. The molecule has 2 heterocycles. The molecule has 0 bridgehead atoms. The van der Waals surface area contributed by atoms with Gasteiger partial charge in [0.2, 0.25) is 0 Å². The van der Waals surface area contributed by atoms with Gasteiger partial charge in [-0.2, -0.15) is 0 Å². The molecule has 6 heteroatoms. The number of H-pyrrole nitrogens is 1. The van der Waals surface area contributed by atoms with Crippen molar-refractivity contribution in [1.29, 1.82) is 0 Å². The summed E-state index contributed by atoms with van der Waals surface area (Å²) in [6, 6.07) is 24.9. The number of imidazole rings is 1. The molecule has 0 fully saturated rings. The van der Waals surface area contributed by atoms with Gasteiger partial charge in [0.05, 0.1) is 36.4 Å². The van der Waals surface area contributed by atoms with E-state index in [-0.39, 0.29) is 17.9 Å². The lowest BCUT2D eigenvalue weighted by Gasteiger charge is -2.25. The normalized spacial score (nSPS) is 12.9. The van der Waals surface area contributed by atoms with Gasteiger partial charge >= 0.3 is 0 Å². The van der Waals surface area contributed by atoms with Crippen molar-refractivity contribution in [3.8, 4) is 11.1 Å². The third kappa shape index (κ3) is 4.93. The van der Waals surface area contributed by atoms with E-state index in [4.69, 9.17) is 4.74 Å². The molecule has 2 atom stereocenters. The predicted octanol–water partition coefficient (Wildman–Crippen LogP) is 6.14. The maximum Gasteiger partial charge on any atom is 0.255 e. The Kier molecular flexibility index (Phi) is 7.19. The summed E-state index contributed by atoms with van der Waals surface area (Å²) in [5.41, 5.74) is 4.82. The molecular weight excluding hydrogens is 460 g/mol. The molecule has 1 unspecified atom stereocenters. The van der Waals surface area contributed by atoms with Gasteiger partial charge in [-0.05, 0) is 21.9 Å². The van der Waals surface area contributed by atoms with E-state index < -0.39 is 0 Å². The molecular formula is C31H32N4O2. The number of likely N-dealkylation sites (N-methyl/N-ethyl adjacent to an activating group) is 1. The van der Waals surface area contributed by atoms with Crippen LogP contribution in [0.25, 0.3) is 21.9 Å². The number of hydrogen-bond acceptors (Lipinski definition) is 3. The fraction of sp³-hybridized carbons (Fsp3) is 0.226. The summed E-state index contributed by atoms with van der Waals surface area (Å²) in [5, 5.41) is 2.26. The fourth-order valence-corrected chi connectivity index (χ4v) is 5.07. The molecule has 0 saturated heterocycles. The average Bonchev–Trinajstić information content (AvgIpc) is 3.63. The van der Waals surface area contributed by atoms with Crippen molar-refractivity contribution in [2.75, 3.05) is 27.3 Å². The zero-order chi connectivity index (χ0) is 25.8. The molecule has 0 aliphatic carbocycles.